The molecule has 1 aromatic carbocycles. The molecular weight excluding hydrogens is 362 g/mol. The number of aromatic nitrogens is 1. The van der Waals surface area contributed by atoms with Gasteiger partial charge in [0.1, 0.15) is 10.7 Å². The second kappa shape index (κ2) is 6.81. The maximum Gasteiger partial charge on any atom is 0.335 e. The number of aliphatic carboxylic acids is 1. The number of rotatable bonds is 4. The number of thiazole rings is 1. The number of benzene rings is 1. The first kappa shape index (κ1) is 18.0. The van der Waals surface area contributed by atoms with Crippen molar-refractivity contribution in [3.05, 3.63) is 45.5 Å². The van der Waals surface area contributed by atoms with Crippen molar-refractivity contribution in [3.8, 4) is 10.6 Å². The minimum Gasteiger partial charge on any atom is -0.479 e. The van der Waals surface area contributed by atoms with Crippen LogP contribution in [0, 0.1) is 10.1 Å². The van der Waals surface area contributed by atoms with E-state index in [4.69, 9.17) is 5.11 Å². The molecule has 0 aliphatic carbocycles. The van der Waals surface area contributed by atoms with Crippen LogP contribution >= 0.6 is 11.3 Å². The summed E-state index contributed by atoms with van der Waals surface area (Å²) in [6.07, 6.45) is -0.0686. The fraction of sp³-hybridized carbons (Fsp3) is 0.312. The molecular formula is C16H15N3O6S. The van der Waals surface area contributed by atoms with Gasteiger partial charge in [-0.25, -0.2) is 9.78 Å². The Hall–Kier alpha value is -2.85. The van der Waals surface area contributed by atoms with Gasteiger partial charge in [-0.1, -0.05) is 0 Å². The minimum absolute atomic E-state index is 0.0270. The number of nitrogens with zero attached hydrogens (tertiary/aromatic N) is 3. The molecule has 1 amide bonds. The molecule has 0 spiro atoms. The van der Waals surface area contributed by atoms with Crippen molar-refractivity contribution in [1.29, 1.82) is 0 Å². The molecule has 1 saturated heterocycles. The Morgan fingerprint density at radius 2 is 1.85 bits per heavy atom. The molecule has 0 bridgehead atoms. The van der Waals surface area contributed by atoms with Gasteiger partial charge < -0.3 is 15.1 Å². The number of carboxylic acids is 1. The zero-order chi connectivity index (χ0) is 18.9. The molecule has 9 nitrogen and oxygen atoms in total. The minimum atomic E-state index is -1.79. The first-order valence-corrected chi connectivity index (χ1v) is 8.63. The number of nitro benzene ring substituents is 1. The predicted octanol–water partition coefficient (Wildman–Crippen LogP) is 1.77. The van der Waals surface area contributed by atoms with Crippen molar-refractivity contribution in [2.75, 3.05) is 13.1 Å². The van der Waals surface area contributed by atoms with Crippen LogP contribution in [0.5, 0.6) is 0 Å². The predicted molar refractivity (Wildman–Crippen MR) is 91.9 cm³/mol. The molecule has 1 fully saturated rings. The number of amides is 1. The molecule has 3 rings (SSSR count). The zero-order valence-electron chi connectivity index (χ0n) is 13.5. The molecule has 0 radical (unpaired) electrons. The summed E-state index contributed by atoms with van der Waals surface area (Å²) in [7, 11) is 0. The van der Waals surface area contributed by atoms with Gasteiger partial charge in [0.2, 0.25) is 0 Å². The molecule has 26 heavy (non-hydrogen) atoms. The molecule has 0 saturated carbocycles. The van der Waals surface area contributed by atoms with Crippen LogP contribution in [-0.4, -0.2) is 55.6 Å². The highest BCUT2D eigenvalue weighted by Gasteiger charge is 2.40. The number of nitro groups is 1. The van der Waals surface area contributed by atoms with E-state index in [1.54, 1.807) is 17.5 Å². The van der Waals surface area contributed by atoms with E-state index in [2.05, 4.69) is 4.98 Å². The maximum atomic E-state index is 12.5. The molecule has 1 aliphatic rings. The van der Waals surface area contributed by atoms with Gasteiger partial charge in [0.25, 0.3) is 11.6 Å². The van der Waals surface area contributed by atoms with E-state index in [9.17, 15) is 24.8 Å². The number of hydrogen-bond donors (Lipinski definition) is 2. The molecule has 0 unspecified atom stereocenters. The summed E-state index contributed by atoms with van der Waals surface area (Å²) >= 11 is 1.24. The lowest BCUT2D eigenvalue weighted by atomic mass is 9.91. The molecule has 2 N–H and O–H groups in total. The Morgan fingerprint density at radius 3 is 2.38 bits per heavy atom. The highest BCUT2D eigenvalue weighted by Crippen LogP contribution is 2.28. The first-order chi connectivity index (χ1) is 12.3. The van der Waals surface area contributed by atoms with Crippen LogP contribution in [0.1, 0.15) is 23.3 Å². The lowest BCUT2D eigenvalue weighted by Gasteiger charge is -2.34. The highest BCUT2D eigenvalue weighted by molar-refractivity contribution is 7.13. The van der Waals surface area contributed by atoms with E-state index in [-0.39, 0.29) is 43.2 Å². The average molecular weight is 377 g/mol. The van der Waals surface area contributed by atoms with E-state index >= 15 is 0 Å². The normalized spacial score (nSPS) is 16.3. The Morgan fingerprint density at radius 1 is 1.23 bits per heavy atom. The summed E-state index contributed by atoms with van der Waals surface area (Å²) in [5, 5.41) is 31.8. The number of piperidine rings is 1. The molecule has 0 atom stereocenters. The maximum absolute atomic E-state index is 12.5. The lowest BCUT2D eigenvalue weighted by molar-refractivity contribution is -0.384. The number of carbonyl (C=O) groups is 2. The summed E-state index contributed by atoms with van der Waals surface area (Å²) < 4.78 is 0. The lowest BCUT2D eigenvalue weighted by Crippen LogP contribution is -2.50. The van der Waals surface area contributed by atoms with Gasteiger partial charge in [0, 0.05) is 49.0 Å². The van der Waals surface area contributed by atoms with Crippen LogP contribution in [0.4, 0.5) is 5.69 Å². The highest BCUT2D eigenvalue weighted by atomic mass is 32.1. The summed E-state index contributed by atoms with van der Waals surface area (Å²) in [4.78, 5) is 39.5. The van der Waals surface area contributed by atoms with Crippen LogP contribution in [0.25, 0.3) is 10.6 Å². The molecule has 2 aromatic rings. The van der Waals surface area contributed by atoms with Crippen molar-refractivity contribution < 1.29 is 24.7 Å². The first-order valence-electron chi connectivity index (χ1n) is 7.75. The second-order valence-corrected chi connectivity index (χ2v) is 6.83. The number of carboxylic acid groups (broad SMARTS) is 1. The van der Waals surface area contributed by atoms with Crippen LogP contribution in [0.2, 0.25) is 0 Å². The third-order valence-electron chi connectivity index (χ3n) is 4.32. The quantitative estimate of drug-likeness (QED) is 0.612. The number of non-ortho nitro benzene ring substituents is 1. The van der Waals surface area contributed by atoms with Crippen LogP contribution in [-0.2, 0) is 4.79 Å². The van der Waals surface area contributed by atoms with Gasteiger partial charge in [-0.3, -0.25) is 14.9 Å². The standard InChI is InChI=1S/C16H15N3O6S/c20-14(18-7-5-16(23,6-8-18)15(21)22)12-9-26-13(17-12)10-1-3-11(4-2-10)19(24)25/h1-4,9,23H,5-8H2,(H,21,22). The van der Waals surface area contributed by atoms with E-state index in [1.807, 2.05) is 0 Å². The Balaban J connectivity index is 1.71. The van der Waals surface area contributed by atoms with Crippen LogP contribution in [0.15, 0.2) is 29.6 Å². The number of aliphatic hydroxyl groups is 1. The molecule has 136 valence electrons. The van der Waals surface area contributed by atoms with Gasteiger partial charge in [-0.15, -0.1) is 11.3 Å². The number of likely N-dealkylation sites (tertiary alicyclic amines) is 1. The van der Waals surface area contributed by atoms with E-state index < -0.39 is 16.5 Å². The zero-order valence-corrected chi connectivity index (χ0v) is 14.3. The summed E-state index contributed by atoms with van der Waals surface area (Å²) in [6, 6.07) is 5.88. The Labute approximate surface area is 151 Å². The SMILES string of the molecule is O=C(c1csc(-c2ccc([N+](=O)[O-])cc2)n1)N1CCC(O)(C(=O)O)CC1. The van der Waals surface area contributed by atoms with E-state index in [0.717, 1.165) is 0 Å². The third kappa shape index (κ3) is 3.41. The number of carbonyl (C=O) groups excluding carboxylic acids is 1. The summed E-state index contributed by atoms with van der Waals surface area (Å²) in [5.74, 6) is -1.61. The topological polar surface area (TPSA) is 134 Å². The largest absolute Gasteiger partial charge is 0.479 e. The third-order valence-corrected chi connectivity index (χ3v) is 5.22. The fourth-order valence-corrected chi connectivity index (χ4v) is 3.49. The molecule has 2 heterocycles. The van der Waals surface area contributed by atoms with Gasteiger partial charge in [0.05, 0.1) is 4.92 Å². The Bertz CT molecular complexity index is 855. The van der Waals surface area contributed by atoms with Gasteiger partial charge in [-0.05, 0) is 12.1 Å². The molecule has 10 heteroatoms. The molecule has 1 aromatic heterocycles. The van der Waals surface area contributed by atoms with Gasteiger partial charge in [-0.2, -0.15) is 0 Å². The van der Waals surface area contributed by atoms with Gasteiger partial charge >= 0.3 is 5.97 Å². The van der Waals surface area contributed by atoms with Crippen LogP contribution < -0.4 is 0 Å². The van der Waals surface area contributed by atoms with Crippen molar-refractivity contribution >= 4 is 28.9 Å². The van der Waals surface area contributed by atoms with Crippen molar-refractivity contribution in [2.24, 2.45) is 0 Å². The van der Waals surface area contributed by atoms with Crippen LogP contribution in [0.3, 0.4) is 0 Å². The Kier molecular flexibility index (Phi) is 4.70. The molecule has 1 aliphatic heterocycles. The van der Waals surface area contributed by atoms with Crippen molar-refractivity contribution in [2.45, 2.75) is 18.4 Å². The van der Waals surface area contributed by atoms with Crippen molar-refractivity contribution in [1.82, 2.24) is 9.88 Å². The second-order valence-electron chi connectivity index (χ2n) is 5.97. The summed E-state index contributed by atoms with van der Waals surface area (Å²) in [5.41, 5.74) is -0.925. The average Bonchev–Trinajstić information content (AvgIpc) is 3.12. The fourth-order valence-electron chi connectivity index (χ4n) is 2.69. The smallest absolute Gasteiger partial charge is 0.335 e. The van der Waals surface area contributed by atoms with Gasteiger partial charge in [0.15, 0.2) is 5.60 Å². The summed E-state index contributed by atoms with van der Waals surface area (Å²) in [6.45, 7) is 0.262. The van der Waals surface area contributed by atoms with Crippen molar-refractivity contribution in [3.63, 3.8) is 0 Å². The number of hydrogen-bond acceptors (Lipinski definition) is 7. The van der Waals surface area contributed by atoms with E-state index in [0.29, 0.717) is 10.6 Å². The van der Waals surface area contributed by atoms with E-state index in [1.165, 1.54) is 28.4 Å². The monoisotopic (exact) mass is 377 g/mol.